The SMILES string of the molecule is O=C(NC(=S)Nc1ccc(I)cc1F)c1cc(Br)ccc1Cl. The average molecular weight is 514 g/mol. The van der Waals surface area contributed by atoms with Gasteiger partial charge in [0.05, 0.1) is 16.3 Å². The van der Waals surface area contributed by atoms with E-state index >= 15 is 0 Å². The van der Waals surface area contributed by atoms with Gasteiger partial charge in [-0.25, -0.2) is 4.39 Å². The molecular weight excluding hydrogens is 505 g/mol. The first kappa shape index (κ1) is 17.6. The van der Waals surface area contributed by atoms with Crippen molar-refractivity contribution in [3.05, 3.63) is 60.8 Å². The number of benzene rings is 2. The maximum absolute atomic E-state index is 13.7. The maximum atomic E-state index is 13.7. The topological polar surface area (TPSA) is 41.1 Å². The Morgan fingerprint density at radius 1 is 1.27 bits per heavy atom. The molecule has 0 spiro atoms. The minimum atomic E-state index is -0.477. The zero-order valence-corrected chi connectivity index (χ0v) is 16.1. The van der Waals surface area contributed by atoms with Crippen LogP contribution in [-0.4, -0.2) is 11.0 Å². The van der Waals surface area contributed by atoms with E-state index < -0.39 is 11.7 Å². The lowest BCUT2D eigenvalue weighted by molar-refractivity contribution is 0.0978. The van der Waals surface area contributed by atoms with E-state index in [0.29, 0.717) is 9.50 Å². The van der Waals surface area contributed by atoms with E-state index in [1.54, 1.807) is 30.3 Å². The zero-order valence-electron chi connectivity index (χ0n) is 10.8. The van der Waals surface area contributed by atoms with Crippen molar-refractivity contribution < 1.29 is 9.18 Å². The number of hydrogen-bond donors (Lipinski definition) is 2. The summed E-state index contributed by atoms with van der Waals surface area (Å²) >= 11 is 16.2. The molecule has 2 N–H and O–H groups in total. The first-order chi connectivity index (χ1) is 10.4. The molecule has 0 aliphatic carbocycles. The van der Waals surface area contributed by atoms with Gasteiger partial charge in [0.1, 0.15) is 5.82 Å². The van der Waals surface area contributed by atoms with Crippen molar-refractivity contribution in [3.63, 3.8) is 0 Å². The first-order valence-corrected chi connectivity index (χ1v) is 8.55. The van der Waals surface area contributed by atoms with Crippen LogP contribution in [0.5, 0.6) is 0 Å². The fourth-order valence-electron chi connectivity index (χ4n) is 1.59. The number of thiocarbonyl (C=S) groups is 1. The average Bonchev–Trinajstić information content (AvgIpc) is 2.44. The van der Waals surface area contributed by atoms with E-state index in [9.17, 15) is 9.18 Å². The number of hydrogen-bond acceptors (Lipinski definition) is 2. The third-order valence-corrected chi connectivity index (χ3v) is 4.28. The Labute approximate surface area is 158 Å². The van der Waals surface area contributed by atoms with Crippen molar-refractivity contribution in [3.8, 4) is 0 Å². The Kier molecular flexibility index (Phi) is 6.13. The number of anilines is 1. The largest absolute Gasteiger partial charge is 0.330 e. The van der Waals surface area contributed by atoms with Gasteiger partial charge < -0.3 is 5.32 Å². The van der Waals surface area contributed by atoms with Gasteiger partial charge in [0.2, 0.25) is 0 Å². The van der Waals surface area contributed by atoms with E-state index in [-0.39, 0.29) is 16.4 Å². The van der Waals surface area contributed by atoms with Crippen molar-refractivity contribution in [2.45, 2.75) is 0 Å². The van der Waals surface area contributed by atoms with Crippen molar-refractivity contribution in [1.82, 2.24) is 5.32 Å². The summed E-state index contributed by atoms with van der Waals surface area (Å²) in [4.78, 5) is 12.1. The predicted molar refractivity (Wildman–Crippen MR) is 102 cm³/mol. The van der Waals surface area contributed by atoms with E-state index in [1.807, 2.05) is 22.6 Å². The molecule has 0 radical (unpaired) electrons. The van der Waals surface area contributed by atoms with Gasteiger partial charge in [-0.3, -0.25) is 10.1 Å². The van der Waals surface area contributed by atoms with Crippen LogP contribution in [0.1, 0.15) is 10.4 Å². The van der Waals surface area contributed by atoms with Crippen molar-refractivity contribution in [1.29, 1.82) is 0 Å². The summed E-state index contributed by atoms with van der Waals surface area (Å²) < 4.78 is 15.2. The Hall–Kier alpha value is -0.770. The highest BCUT2D eigenvalue weighted by atomic mass is 127. The molecule has 0 saturated carbocycles. The monoisotopic (exact) mass is 512 g/mol. The Bertz CT molecular complexity index is 760. The van der Waals surface area contributed by atoms with E-state index in [1.165, 1.54) is 6.07 Å². The van der Waals surface area contributed by atoms with Crippen LogP contribution in [0.25, 0.3) is 0 Å². The molecular formula is C14H8BrClFIN2OS. The van der Waals surface area contributed by atoms with Crippen LogP contribution in [-0.2, 0) is 0 Å². The van der Waals surface area contributed by atoms with Crippen LogP contribution < -0.4 is 10.6 Å². The van der Waals surface area contributed by atoms with Gasteiger partial charge in [0, 0.05) is 8.04 Å². The second kappa shape index (κ2) is 7.67. The van der Waals surface area contributed by atoms with Crippen LogP contribution in [0.2, 0.25) is 5.02 Å². The van der Waals surface area contributed by atoms with Gasteiger partial charge in [-0.2, -0.15) is 0 Å². The highest BCUT2D eigenvalue weighted by molar-refractivity contribution is 14.1. The van der Waals surface area contributed by atoms with Crippen LogP contribution in [0.4, 0.5) is 10.1 Å². The molecule has 8 heteroatoms. The highest BCUT2D eigenvalue weighted by Crippen LogP contribution is 2.21. The molecule has 0 fully saturated rings. The number of nitrogens with one attached hydrogen (secondary N) is 2. The van der Waals surface area contributed by atoms with Crippen LogP contribution in [0.15, 0.2) is 40.9 Å². The normalized spacial score (nSPS) is 10.2. The molecule has 22 heavy (non-hydrogen) atoms. The molecule has 3 nitrogen and oxygen atoms in total. The summed E-state index contributed by atoms with van der Waals surface area (Å²) in [6.07, 6.45) is 0. The van der Waals surface area contributed by atoms with Crippen LogP contribution in [0.3, 0.4) is 0 Å². The number of carbonyl (C=O) groups is 1. The van der Waals surface area contributed by atoms with Crippen LogP contribution >= 0.6 is 62.3 Å². The number of amides is 1. The predicted octanol–water partition coefficient (Wildman–Crippen LogP) is 4.97. The van der Waals surface area contributed by atoms with Gasteiger partial charge in [0.25, 0.3) is 5.91 Å². The molecule has 0 atom stereocenters. The standard InChI is InChI=1S/C14H8BrClFIN2OS/c15-7-1-3-10(16)9(5-7)13(21)20-14(22)19-12-4-2-8(18)6-11(12)17/h1-6H,(H2,19,20,21,22). The molecule has 0 unspecified atom stereocenters. The lowest BCUT2D eigenvalue weighted by Gasteiger charge is -2.11. The fourth-order valence-corrected chi connectivity index (χ4v) is 2.81. The minimum Gasteiger partial charge on any atom is -0.330 e. The lowest BCUT2D eigenvalue weighted by Crippen LogP contribution is -2.34. The highest BCUT2D eigenvalue weighted by Gasteiger charge is 2.13. The lowest BCUT2D eigenvalue weighted by atomic mass is 10.2. The second-order valence-corrected chi connectivity index (χ2v) is 7.13. The number of rotatable bonds is 2. The molecule has 1 amide bonds. The molecule has 0 aliphatic heterocycles. The Morgan fingerprint density at radius 2 is 2.00 bits per heavy atom. The molecule has 114 valence electrons. The van der Waals surface area contributed by atoms with Gasteiger partial charge in [0.15, 0.2) is 5.11 Å². The smallest absolute Gasteiger partial charge is 0.258 e. The molecule has 0 aromatic heterocycles. The van der Waals surface area contributed by atoms with Crippen LogP contribution in [0, 0.1) is 9.39 Å². The first-order valence-electron chi connectivity index (χ1n) is 5.89. The van der Waals surface area contributed by atoms with Gasteiger partial charge >= 0.3 is 0 Å². The van der Waals surface area contributed by atoms with Crippen molar-refractivity contribution >= 4 is 79.0 Å². The summed E-state index contributed by atoms with van der Waals surface area (Å²) in [6, 6.07) is 9.51. The quantitative estimate of drug-likeness (QED) is 0.440. The zero-order chi connectivity index (χ0) is 16.3. The summed E-state index contributed by atoms with van der Waals surface area (Å²) in [5.74, 6) is -0.932. The summed E-state index contributed by atoms with van der Waals surface area (Å²) in [6.45, 7) is 0. The second-order valence-electron chi connectivity index (χ2n) is 4.16. The fraction of sp³-hybridized carbons (Fsp3) is 0. The summed E-state index contributed by atoms with van der Waals surface area (Å²) in [7, 11) is 0. The molecule has 2 aromatic carbocycles. The molecule has 2 rings (SSSR count). The maximum Gasteiger partial charge on any atom is 0.258 e. The molecule has 2 aromatic rings. The van der Waals surface area contributed by atoms with Crippen molar-refractivity contribution in [2.24, 2.45) is 0 Å². The van der Waals surface area contributed by atoms with Gasteiger partial charge in [-0.05, 0) is 71.2 Å². The molecule has 0 saturated heterocycles. The third-order valence-electron chi connectivity index (χ3n) is 2.58. The van der Waals surface area contributed by atoms with E-state index in [4.69, 9.17) is 23.8 Å². The van der Waals surface area contributed by atoms with E-state index in [2.05, 4.69) is 26.6 Å². The Balaban J connectivity index is 2.08. The van der Waals surface area contributed by atoms with E-state index in [0.717, 1.165) is 3.57 Å². The van der Waals surface area contributed by atoms with Crippen molar-refractivity contribution in [2.75, 3.05) is 5.32 Å². The minimum absolute atomic E-state index is 0.0128. The molecule has 0 aliphatic rings. The van der Waals surface area contributed by atoms with Gasteiger partial charge in [-0.1, -0.05) is 27.5 Å². The summed E-state index contributed by atoms with van der Waals surface area (Å²) in [5, 5.41) is 5.38. The number of halogens is 4. The third kappa shape index (κ3) is 4.61. The summed E-state index contributed by atoms with van der Waals surface area (Å²) in [5.41, 5.74) is 0.453. The molecule has 0 bridgehead atoms. The Morgan fingerprint density at radius 3 is 2.68 bits per heavy atom. The number of carbonyl (C=O) groups excluding carboxylic acids is 1. The molecule has 0 heterocycles. The van der Waals surface area contributed by atoms with Gasteiger partial charge in [-0.15, -0.1) is 0 Å².